The van der Waals surface area contributed by atoms with Gasteiger partial charge in [0.1, 0.15) is 0 Å². The second-order valence-corrected chi connectivity index (χ2v) is 6.06. The number of amides is 1. The summed E-state index contributed by atoms with van der Waals surface area (Å²) in [4.78, 5) is 14.5. The fourth-order valence-electron chi connectivity index (χ4n) is 2.94. The zero-order valence-corrected chi connectivity index (χ0v) is 13.3. The molecule has 3 rings (SSSR count). The van der Waals surface area contributed by atoms with Crippen molar-refractivity contribution in [2.75, 3.05) is 6.54 Å². The van der Waals surface area contributed by atoms with Gasteiger partial charge in [-0.15, -0.1) is 0 Å². The summed E-state index contributed by atoms with van der Waals surface area (Å²) >= 11 is 5.98. The summed E-state index contributed by atoms with van der Waals surface area (Å²) in [6, 6.07) is 9.44. The number of hydrogen-bond donors (Lipinski definition) is 0. The first-order chi connectivity index (χ1) is 10.7. The van der Waals surface area contributed by atoms with Crippen LogP contribution in [0.1, 0.15) is 42.8 Å². The van der Waals surface area contributed by atoms with E-state index < -0.39 is 0 Å². The summed E-state index contributed by atoms with van der Waals surface area (Å²) in [5, 5.41) is 4.70. The normalized spacial score (nSPS) is 17.9. The van der Waals surface area contributed by atoms with Crippen molar-refractivity contribution in [3.8, 4) is 0 Å². The second-order valence-electron chi connectivity index (χ2n) is 5.63. The topological polar surface area (TPSA) is 46.3 Å². The number of nitrogens with zero attached hydrogens (tertiary/aromatic N) is 2. The third-order valence-electron chi connectivity index (χ3n) is 4.09. The predicted molar refractivity (Wildman–Crippen MR) is 84.7 cm³/mol. The molecule has 4 nitrogen and oxygen atoms in total. The monoisotopic (exact) mass is 318 g/mol. The molecule has 1 aliphatic heterocycles. The lowest BCUT2D eigenvalue weighted by Crippen LogP contribution is -2.31. The van der Waals surface area contributed by atoms with Gasteiger partial charge in [-0.2, -0.15) is 0 Å². The first-order valence-electron chi connectivity index (χ1n) is 7.66. The van der Waals surface area contributed by atoms with Gasteiger partial charge >= 0.3 is 0 Å². The highest BCUT2D eigenvalue weighted by Gasteiger charge is 2.32. The Balaban J connectivity index is 1.73. The van der Waals surface area contributed by atoms with E-state index in [1.54, 1.807) is 0 Å². The van der Waals surface area contributed by atoms with E-state index in [-0.39, 0.29) is 11.9 Å². The van der Waals surface area contributed by atoms with Gasteiger partial charge in [0.05, 0.1) is 18.2 Å². The number of aryl methyl sites for hydroxylation is 1. The van der Waals surface area contributed by atoms with Gasteiger partial charge in [-0.05, 0) is 37.0 Å². The van der Waals surface area contributed by atoms with Gasteiger partial charge in [0.2, 0.25) is 5.91 Å². The summed E-state index contributed by atoms with van der Waals surface area (Å²) in [5.74, 6) is 0.910. The molecule has 0 spiro atoms. The largest absolute Gasteiger partial charge is 0.359 e. The van der Waals surface area contributed by atoms with Crippen LogP contribution in [0.2, 0.25) is 5.02 Å². The molecular weight excluding hydrogens is 300 g/mol. The summed E-state index contributed by atoms with van der Waals surface area (Å²) in [5.41, 5.74) is 1.87. The smallest absolute Gasteiger partial charge is 0.227 e. The van der Waals surface area contributed by atoms with Crippen molar-refractivity contribution in [1.82, 2.24) is 10.1 Å². The standard InChI is InChI=1S/C17H19ClN2O2/c1-2-14-11-16(22-19-14)15-7-4-8-20(15)17(21)10-12-5-3-6-13(18)9-12/h3,5-6,9,11,15H,2,4,7-8,10H2,1H3/t15-/m0/s1. The average Bonchev–Trinajstić information content (AvgIpc) is 3.16. The minimum atomic E-state index is 0.0134. The molecule has 0 saturated carbocycles. The Morgan fingerprint density at radius 1 is 1.45 bits per heavy atom. The Hall–Kier alpha value is -1.81. The molecule has 2 heterocycles. The van der Waals surface area contributed by atoms with Crippen molar-refractivity contribution < 1.29 is 9.32 Å². The molecule has 1 aliphatic rings. The van der Waals surface area contributed by atoms with Gasteiger partial charge < -0.3 is 9.42 Å². The van der Waals surface area contributed by atoms with Crippen LogP contribution in [0.15, 0.2) is 34.9 Å². The SMILES string of the molecule is CCc1cc([C@@H]2CCCN2C(=O)Cc2cccc(Cl)c2)on1. The molecule has 1 aromatic carbocycles. The molecule has 0 N–H and O–H groups in total. The zero-order chi connectivity index (χ0) is 15.5. The molecule has 0 bridgehead atoms. The van der Waals surface area contributed by atoms with Crippen LogP contribution in [-0.2, 0) is 17.6 Å². The first-order valence-corrected chi connectivity index (χ1v) is 8.04. The molecule has 116 valence electrons. The number of aromatic nitrogens is 1. The van der Waals surface area contributed by atoms with E-state index in [1.807, 2.05) is 42.2 Å². The minimum absolute atomic E-state index is 0.0134. The van der Waals surface area contributed by atoms with Gasteiger partial charge in [-0.3, -0.25) is 4.79 Å². The number of carbonyl (C=O) groups excluding carboxylic acids is 1. The highest BCUT2D eigenvalue weighted by atomic mass is 35.5. The van der Waals surface area contributed by atoms with Crippen molar-refractivity contribution in [3.05, 3.63) is 52.4 Å². The van der Waals surface area contributed by atoms with E-state index >= 15 is 0 Å². The lowest BCUT2D eigenvalue weighted by atomic mass is 10.1. The quantitative estimate of drug-likeness (QED) is 0.861. The molecule has 2 aromatic rings. The van der Waals surface area contributed by atoms with Crippen LogP contribution in [0.3, 0.4) is 0 Å². The Morgan fingerprint density at radius 3 is 3.05 bits per heavy atom. The number of benzene rings is 1. The number of likely N-dealkylation sites (tertiary alicyclic amines) is 1. The van der Waals surface area contributed by atoms with Crippen LogP contribution in [0.25, 0.3) is 0 Å². The summed E-state index contributed by atoms with van der Waals surface area (Å²) in [6.07, 6.45) is 3.13. The fourth-order valence-corrected chi connectivity index (χ4v) is 3.15. The maximum absolute atomic E-state index is 12.6. The van der Waals surface area contributed by atoms with E-state index in [9.17, 15) is 4.79 Å². The third-order valence-corrected chi connectivity index (χ3v) is 4.32. The summed E-state index contributed by atoms with van der Waals surface area (Å²) in [6.45, 7) is 2.81. The Morgan fingerprint density at radius 2 is 2.32 bits per heavy atom. The highest BCUT2D eigenvalue weighted by molar-refractivity contribution is 6.30. The molecule has 0 unspecified atom stereocenters. The minimum Gasteiger partial charge on any atom is -0.359 e. The molecule has 22 heavy (non-hydrogen) atoms. The molecule has 1 aromatic heterocycles. The molecule has 1 fully saturated rings. The van der Waals surface area contributed by atoms with Crippen molar-refractivity contribution in [2.45, 2.75) is 38.6 Å². The molecule has 0 radical (unpaired) electrons. The number of rotatable bonds is 4. The van der Waals surface area contributed by atoms with Gasteiger partial charge in [0.25, 0.3) is 0 Å². The van der Waals surface area contributed by atoms with Crippen molar-refractivity contribution >= 4 is 17.5 Å². The number of carbonyl (C=O) groups is 1. The van der Waals surface area contributed by atoms with Crippen molar-refractivity contribution in [3.63, 3.8) is 0 Å². The molecule has 0 aliphatic carbocycles. The van der Waals surface area contributed by atoms with E-state index in [1.165, 1.54) is 0 Å². The van der Waals surface area contributed by atoms with Crippen LogP contribution >= 0.6 is 11.6 Å². The van der Waals surface area contributed by atoms with E-state index in [2.05, 4.69) is 5.16 Å². The Labute approximate surface area is 135 Å². The maximum atomic E-state index is 12.6. The van der Waals surface area contributed by atoms with Crippen LogP contribution in [-0.4, -0.2) is 22.5 Å². The molecule has 1 saturated heterocycles. The van der Waals surface area contributed by atoms with Crippen LogP contribution in [0.5, 0.6) is 0 Å². The second kappa shape index (κ2) is 6.53. The van der Waals surface area contributed by atoms with Crippen LogP contribution in [0, 0.1) is 0 Å². The van der Waals surface area contributed by atoms with Gasteiger partial charge in [-0.25, -0.2) is 0 Å². The lowest BCUT2D eigenvalue weighted by Gasteiger charge is -2.22. The summed E-state index contributed by atoms with van der Waals surface area (Å²) < 4.78 is 5.42. The first kappa shape index (κ1) is 15.1. The summed E-state index contributed by atoms with van der Waals surface area (Å²) in [7, 11) is 0. The van der Waals surface area contributed by atoms with Gasteiger partial charge in [0, 0.05) is 17.6 Å². The van der Waals surface area contributed by atoms with Crippen molar-refractivity contribution in [1.29, 1.82) is 0 Å². The maximum Gasteiger partial charge on any atom is 0.227 e. The average molecular weight is 319 g/mol. The van der Waals surface area contributed by atoms with Gasteiger partial charge in [0.15, 0.2) is 5.76 Å². The Bertz CT molecular complexity index is 668. The van der Waals surface area contributed by atoms with Crippen LogP contribution < -0.4 is 0 Å². The molecular formula is C17H19ClN2O2. The predicted octanol–water partition coefficient (Wildman–Crippen LogP) is 3.80. The van der Waals surface area contributed by atoms with Crippen molar-refractivity contribution in [2.24, 2.45) is 0 Å². The van der Waals surface area contributed by atoms with Gasteiger partial charge in [-0.1, -0.05) is 35.8 Å². The third kappa shape index (κ3) is 3.17. The molecule has 1 amide bonds. The van der Waals surface area contributed by atoms with E-state index in [0.29, 0.717) is 11.4 Å². The Kier molecular flexibility index (Phi) is 4.48. The number of hydrogen-bond acceptors (Lipinski definition) is 3. The highest BCUT2D eigenvalue weighted by Crippen LogP contribution is 2.33. The molecule has 1 atom stereocenters. The molecule has 5 heteroatoms. The number of halogens is 1. The van der Waals surface area contributed by atoms with E-state index in [4.69, 9.17) is 16.1 Å². The van der Waals surface area contributed by atoms with E-state index in [0.717, 1.165) is 42.8 Å². The zero-order valence-electron chi connectivity index (χ0n) is 12.6. The fraction of sp³-hybridized carbons (Fsp3) is 0.412. The van der Waals surface area contributed by atoms with Crippen LogP contribution in [0.4, 0.5) is 0 Å². The lowest BCUT2D eigenvalue weighted by molar-refractivity contribution is -0.131.